The fourth-order valence-electron chi connectivity index (χ4n) is 4.10. The first-order valence-corrected chi connectivity index (χ1v) is 8.34. The van der Waals surface area contributed by atoms with Gasteiger partial charge in [-0.1, -0.05) is 12.2 Å². The van der Waals surface area contributed by atoms with E-state index in [0.717, 1.165) is 34.7 Å². The molecule has 25 heavy (non-hydrogen) atoms. The summed E-state index contributed by atoms with van der Waals surface area (Å²) in [6.07, 6.45) is 5.29. The van der Waals surface area contributed by atoms with Crippen molar-refractivity contribution in [3.05, 3.63) is 53.6 Å². The van der Waals surface area contributed by atoms with E-state index in [1.54, 1.807) is 26.4 Å². The molecule has 5 nitrogen and oxygen atoms in total. The number of hydrogen-bond acceptors (Lipinski definition) is 5. The van der Waals surface area contributed by atoms with Gasteiger partial charge in [0.25, 0.3) is 0 Å². The van der Waals surface area contributed by atoms with Gasteiger partial charge in [0.05, 0.1) is 25.9 Å². The lowest BCUT2D eigenvalue weighted by atomic mass is 9.76. The van der Waals surface area contributed by atoms with Crippen LogP contribution in [0.2, 0.25) is 0 Å². The lowest BCUT2D eigenvalue weighted by Gasteiger charge is -2.38. The first-order chi connectivity index (χ1) is 12.1. The lowest BCUT2D eigenvalue weighted by Crippen LogP contribution is -2.29. The number of rotatable bonds is 3. The number of phenolic OH excluding ortho intramolecular Hbond substituents is 2. The molecular formula is C20H21NO4. The Labute approximate surface area is 146 Å². The quantitative estimate of drug-likeness (QED) is 0.739. The lowest BCUT2D eigenvalue weighted by molar-refractivity contribution is 0.364. The summed E-state index contributed by atoms with van der Waals surface area (Å²) in [5.41, 5.74) is 2.76. The number of fused-ring (bicyclic) bond motifs is 3. The summed E-state index contributed by atoms with van der Waals surface area (Å²) in [7, 11) is 3.32. The molecule has 2 aliphatic rings. The Kier molecular flexibility index (Phi) is 3.71. The zero-order valence-corrected chi connectivity index (χ0v) is 14.2. The molecule has 3 N–H and O–H groups in total. The summed E-state index contributed by atoms with van der Waals surface area (Å²) in [5, 5.41) is 23.5. The summed E-state index contributed by atoms with van der Waals surface area (Å²) < 4.78 is 11.1. The number of hydrogen-bond donors (Lipinski definition) is 3. The number of aromatic hydroxyl groups is 2. The number of allylic oxidation sites excluding steroid dienone is 2. The van der Waals surface area contributed by atoms with Crippen molar-refractivity contribution in [1.29, 1.82) is 0 Å². The summed E-state index contributed by atoms with van der Waals surface area (Å²) >= 11 is 0. The molecule has 1 heterocycles. The molecule has 5 heteroatoms. The summed E-state index contributed by atoms with van der Waals surface area (Å²) in [4.78, 5) is 0. The topological polar surface area (TPSA) is 71.0 Å². The van der Waals surface area contributed by atoms with Crippen molar-refractivity contribution in [2.24, 2.45) is 5.92 Å². The first kappa shape index (κ1) is 15.7. The molecule has 3 unspecified atom stereocenters. The number of nitrogens with one attached hydrogen (secondary N) is 1. The van der Waals surface area contributed by atoms with Gasteiger partial charge in [-0.3, -0.25) is 0 Å². The van der Waals surface area contributed by atoms with Gasteiger partial charge in [-0.05, 0) is 36.6 Å². The molecule has 2 aromatic carbocycles. The molecule has 0 radical (unpaired) electrons. The van der Waals surface area contributed by atoms with Crippen LogP contribution in [0.25, 0.3) is 0 Å². The van der Waals surface area contributed by atoms with Crippen LogP contribution >= 0.6 is 0 Å². The Morgan fingerprint density at radius 3 is 2.52 bits per heavy atom. The highest BCUT2D eigenvalue weighted by atomic mass is 16.5. The van der Waals surface area contributed by atoms with E-state index in [-0.39, 0.29) is 29.4 Å². The van der Waals surface area contributed by atoms with E-state index in [2.05, 4.69) is 17.5 Å². The molecule has 1 aliphatic carbocycles. The van der Waals surface area contributed by atoms with E-state index in [9.17, 15) is 10.2 Å². The number of ether oxygens (including phenoxy) is 2. The zero-order chi connectivity index (χ0) is 17.6. The molecule has 2 aromatic rings. The molecule has 3 atom stereocenters. The predicted octanol–water partition coefficient (Wildman–Crippen LogP) is 3.94. The van der Waals surface area contributed by atoms with Crippen LogP contribution in [0.15, 0.2) is 42.5 Å². The van der Waals surface area contributed by atoms with Crippen molar-refractivity contribution in [1.82, 2.24) is 0 Å². The van der Waals surface area contributed by atoms with E-state index in [1.807, 2.05) is 12.1 Å². The van der Waals surface area contributed by atoms with Crippen LogP contribution in [0.1, 0.15) is 29.5 Å². The second kappa shape index (κ2) is 5.92. The van der Waals surface area contributed by atoms with Crippen molar-refractivity contribution in [2.75, 3.05) is 19.5 Å². The minimum Gasteiger partial charge on any atom is -0.508 e. The molecule has 0 fully saturated rings. The maximum Gasteiger partial charge on any atom is 0.142 e. The number of benzene rings is 2. The minimum atomic E-state index is -0.0888. The van der Waals surface area contributed by atoms with Crippen molar-refractivity contribution < 1.29 is 19.7 Å². The Morgan fingerprint density at radius 2 is 1.80 bits per heavy atom. The molecular weight excluding hydrogens is 318 g/mol. The van der Waals surface area contributed by atoms with Crippen LogP contribution in [0.3, 0.4) is 0 Å². The van der Waals surface area contributed by atoms with Crippen LogP contribution in [-0.2, 0) is 0 Å². The Hall–Kier alpha value is -2.82. The highest BCUT2D eigenvalue weighted by Crippen LogP contribution is 2.55. The number of phenols is 2. The second-order valence-electron chi connectivity index (χ2n) is 6.48. The fourth-order valence-corrected chi connectivity index (χ4v) is 4.10. The molecule has 0 amide bonds. The van der Waals surface area contributed by atoms with E-state index in [4.69, 9.17) is 9.47 Å². The largest absolute Gasteiger partial charge is 0.508 e. The second-order valence-corrected chi connectivity index (χ2v) is 6.48. The normalized spacial score (nSPS) is 23.5. The van der Waals surface area contributed by atoms with Gasteiger partial charge in [-0.25, -0.2) is 0 Å². The Morgan fingerprint density at radius 1 is 1.04 bits per heavy atom. The monoisotopic (exact) mass is 339 g/mol. The molecule has 0 spiro atoms. The molecule has 130 valence electrons. The van der Waals surface area contributed by atoms with Gasteiger partial charge < -0.3 is 25.0 Å². The molecule has 0 bridgehead atoms. The number of methoxy groups -OCH3 is 2. The highest BCUT2D eigenvalue weighted by molar-refractivity contribution is 5.72. The third-order valence-electron chi connectivity index (χ3n) is 5.23. The molecule has 0 saturated carbocycles. The maximum atomic E-state index is 10.4. The average Bonchev–Trinajstić information content (AvgIpc) is 3.10. The summed E-state index contributed by atoms with van der Waals surface area (Å²) in [6.45, 7) is 0. The third kappa shape index (κ3) is 2.38. The summed E-state index contributed by atoms with van der Waals surface area (Å²) in [6, 6.07) is 8.49. The van der Waals surface area contributed by atoms with Gasteiger partial charge in [-0.2, -0.15) is 0 Å². The average molecular weight is 339 g/mol. The van der Waals surface area contributed by atoms with Crippen LogP contribution in [0, 0.1) is 5.92 Å². The van der Waals surface area contributed by atoms with Gasteiger partial charge >= 0.3 is 0 Å². The zero-order valence-electron chi connectivity index (χ0n) is 14.2. The van der Waals surface area contributed by atoms with Crippen molar-refractivity contribution >= 4 is 5.69 Å². The Bertz CT molecular complexity index is 846. The van der Waals surface area contributed by atoms with Gasteiger partial charge in [0.1, 0.15) is 23.0 Å². The van der Waals surface area contributed by atoms with Crippen LogP contribution in [0.4, 0.5) is 5.69 Å². The van der Waals surface area contributed by atoms with E-state index < -0.39 is 0 Å². The van der Waals surface area contributed by atoms with Gasteiger partial charge in [0.2, 0.25) is 0 Å². The third-order valence-corrected chi connectivity index (χ3v) is 5.23. The van der Waals surface area contributed by atoms with Crippen molar-refractivity contribution in [2.45, 2.75) is 18.4 Å². The molecule has 0 saturated heterocycles. The van der Waals surface area contributed by atoms with Gasteiger partial charge in [-0.15, -0.1) is 0 Å². The summed E-state index contributed by atoms with van der Waals surface area (Å²) in [5.74, 6) is 2.16. The predicted molar refractivity (Wildman–Crippen MR) is 95.7 cm³/mol. The molecule has 0 aromatic heterocycles. The minimum absolute atomic E-state index is 0.0535. The van der Waals surface area contributed by atoms with Crippen molar-refractivity contribution in [3.63, 3.8) is 0 Å². The fraction of sp³-hybridized carbons (Fsp3) is 0.300. The van der Waals surface area contributed by atoms with Crippen molar-refractivity contribution in [3.8, 4) is 23.0 Å². The van der Waals surface area contributed by atoms with Crippen LogP contribution in [-0.4, -0.2) is 24.4 Å². The molecule has 1 aliphatic heterocycles. The smallest absolute Gasteiger partial charge is 0.142 e. The first-order valence-electron chi connectivity index (χ1n) is 8.34. The van der Waals surface area contributed by atoms with E-state index in [0.29, 0.717) is 0 Å². The molecule has 4 rings (SSSR count). The van der Waals surface area contributed by atoms with E-state index >= 15 is 0 Å². The van der Waals surface area contributed by atoms with Gasteiger partial charge in [0.15, 0.2) is 0 Å². The maximum absolute atomic E-state index is 10.4. The van der Waals surface area contributed by atoms with E-state index in [1.165, 1.54) is 6.07 Å². The Balaban J connectivity index is 1.87. The standard InChI is InChI=1S/C20H21NO4/c1-24-16-8-9-17(25-2)20-18(16)12-4-3-5-13(12)19(21-20)14-7-6-11(22)10-15(14)23/h3-4,6-10,12-13,19,21-23H,5H2,1-2H3. The SMILES string of the molecule is COc1ccc(OC)c2c1NC(c1ccc(O)cc1O)C1CC=CC21. The van der Waals surface area contributed by atoms with Gasteiger partial charge in [0, 0.05) is 23.1 Å². The highest BCUT2D eigenvalue weighted by Gasteiger charge is 2.41. The van der Waals surface area contributed by atoms with Crippen LogP contribution < -0.4 is 14.8 Å². The number of anilines is 1. The van der Waals surface area contributed by atoms with Crippen LogP contribution in [0.5, 0.6) is 23.0 Å².